The number of nitrogens with zero attached hydrogens (tertiary/aromatic N) is 1. The Bertz CT molecular complexity index is 679. The predicted molar refractivity (Wildman–Crippen MR) is 79.2 cm³/mol. The molecule has 0 aliphatic rings. The van der Waals surface area contributed by atoms with Crippen molar-refractivity contribution in [3.05, 3.63) is 46.9 Å². The summed E-state index contributed by atoms with van der Waals surface area (Å²) < 4.78 is 18.8. The third-order valence-corrected chi connectivity index (χ3v) is 2.88. The van der Waals surface area contributed by atoms with E-state index in [0.717, 1.165) is 6.07 Å². The number of nitrogen functional groups attached to an aromatic ring is 1. The number of nitrogens with one attached hydrogen (secondary N) is 1. The van der Waals surface area contributed by atoms with Gasteiger partial charge >= 0.3 is 0 Å². The van der Waals surface area contributed by atoms with Gasteiger partial charge in [0, 0.05) is 11.8 Å². The van der Waals surface area contributed by atoms with Crippen LogP contribution in [0.2, 0.25) is 5.02 Å². The second-order valence-corrected chi connectivity index (χ2v) is 4.51. The number of nitrogens with two attached hydrogens (primary N) is 1. The number of carbonyl (C=O) groups excluding carboxylic acids is 1. The molecular weight excluding hydrogens is 297 g/mol. The molecule has 1 heterocycles. The number of benzene rings is 1. The zero-order valence-corrected chi connectivity index (χ0v) is 11.9. The molecule has 0 unspecified atom stereocenters. The molecule has 1 aromatic heterocycles. The number of amides is 1. The van der Waals surface area contributed by atoms with Crippen molar-refractivity contribution in [3.63, 3.8) is 0 Å². The van der Waals surface area contributed by atoms with E-state index in [1.165, 1.54) is 24.3 Å². The fraction of sp³-hybridized carbons (Fsp3) is 0.143. The van der Waals surface area contributed by atoms with Crippen LogP contribution in [-0.2, 0) is 0 Å². The van der Waals surface area contributed by atoms with E-state index in [1.54, 1.807) is 6.92 Å². The van der Waals surface area contributed by atoms with Gasteiger partial charge in [0.15, 0.2) is 11.6 Å². The molecule has 2 aromatic rings. The van der Waals surface area contributed by atoms with E-state index in [9.17, 15) is 9.18 Å². The Hall–Kier alpha value is -2.34. The van der Waals surface area contributed by atoms with Crippen LogP contribution >= 0.6 is 11.6 Å². The van der Waals surface area contributed by atoms with Crippen molar-refractivity contribution in [3.8, 4) is 5.75 Å². The molecule has 0 fully saturated rings. The molecule has 110 valence electrons. The molecule has 0 saturated carbocycles. The van der Waals surface area contributed by atoms with Gasteiger partial charge in [-0.15, -0.1) is 0 Å². The maximum atomic E-state index is 13.7. The Morgan fingerprint density at radius 3 is 2.86 bits per heavy atom. The Morgan fingerprint density at radius 2 is 2.19 bits per heavy atom. The third-order valence-electron chi connectivity index (χ3n) is 2.57. The molecule has 2 rings (SSSR count). The Morgan fingerprint density at radius 1 is 1.43 bits per heavy atom. The van der Waals surface area contributed by atoms with Crippen LogP contribution in [0.1, 0.15) is 17.4 Å². The van der Waals surface area contributed by atoms with Gasteiger partial charge in [-0.05, 0) is 31.2 Å². The van der Waals surface area contributed by atoms with Crippen molar-refractivity contribution in [1.82, 2.24) is 4.98 Å². The van der Waals surface area contributed by atoms with Crippen LogP contribution in [0.4, 0.5) is 15.9 Å². The average Bonchev–Trinajstić information content (AvgIpc) is 2.44. The molecule has 1 amide bonds. The number of pyridine rings is 1. The van der Waals surface area contributed by atoms with E-state index < -0.39 is 11.7 Å². The van der Waals surface area contributed by atoms with Crippen LogP contribution in [-0.4, -0.2) is 17.5 Å². The number of anilines is 2. The fourth-order valence-corrected chi connectivity index (χ4v) is 1.85. The SMILES string of the molecule is CCOc1ccc(NC(=O)c2nc(N)ccc2Cl)cc1F. The quantitative estimate of drug-likeness (QED) is 0.909. The van der Waals surface area contributed by atoms with Crippen LogP contribution in [0, 0.1) is 5.82 Å². The van der Waals surface area contributed by atoms with E-state index in [2.05, 4.69) is 10.3 Å². The number of hydrogen-bond donors (Lipinski definition) is 2. The van der Waals surface area contributed by atoms with Gasteiger partial charge in [0.25, 0.3) is 5.91 Å². The van der Waals surface area contributed by atoms with Crippen LogP contribution in [0.5, 0.6) is 5.75 Å². The summed E-state index contributed by atoms with van der Waals surface area (Å²) >= 11 is 5.88. The monoisotopic (exact) mass is 309 g/mol. The summed E-state index contributed by atoms with van der Waals surface area (Å²) in [7, 11) is 0. The second kappa shape index (κ2) is 6.41. The van der Waals surface area contributed by atoms with Crippen molar-refractivity contribution in [1.29, 1.82) is 0 Å². The minimum Gasteiger partial charge on any atom is -0.491 e. The zero-order chi connectivity index (χ0) is 15.4. The first kappa shape index (κ1) is 15.1. The fourth-order valence-electron chi connectivity index (χ4n) is 1.66. The molecule has 0 aliphatic carbocycles. The Labute approximate surface area is 125 Å². The largest absolute Gasteiger partial charge is 0.491 e. The van der Waals surface area contributed by atoms with Crippen molar-refractivity contribution < 1.29 is 13.9 Å². The lowest BCUT2D eigenvalue weighted by Crippen LogP contribution is -2.15. The summed E-state index contributed by atoms with van der Waals surface area (Å²) in [6, 6.07) is 7.06. The Kier molecular flexibility index (Phi) is 4.59. The summed E-state index contributed by atoms with van der Waals surface area (Å²) in [5, 5.41) is 2.66. The van der Waals surface area contributed by atoms with Crippen molar-refractivity contribution in [2.45, 2.75) is 6.92 Å². The lowest BCUT2D eigenvalue weighted by atomic mass is 10.2. The van der Waals surface area contributed by atoms with Gasteiger partial charge in [-0.3, -0.25) is 4.79 Å². The topological polar surface area (TPSA) is 77.2 Å². The van der Waals surface area contributed by atoms with Crippen LogP contribution in [0.15, 0.2) is 30.3 Å². The molecule has 0 radical (unpaired) electrons. The number of hydrogen-bond acceptors (Lipinski definition) is 4. The van der Waals surface area contributed by atoms with Crippen LogP contribution < -0.4 is 15.8 Å². The third kappa shape index (κ3) is 3.61. The van der Waals surface area contributed by atoms with Crippen molar-refractivity contribution in [2.24, 2.45) is 0 Å². The molecule has 0 bridgehead atoms. The van der Waals surface area contributed by atoms with E-state index in [0.29, 0.717) is 6.61 Å². The highest BCUT2D eigenvalue weighted by Gasteiger charge is 2.14. The second-order valence-electron chi connectivity index (χ2n) is 4.10. The molecular formula is C14H13ClFN3O2. The minimum atomic E-state index is -0.573. The standard InChI is InChI=1S/C14H13ClFN3O2/c1-2-21-11-5-3-8(7-10(11)16)18-14(20)13-9(15)4-6-12(17)19-13/h3-7H,2H2,1H3,(H2,17,19)(H,18,20). The highest BCUT2D eigenvalue weighted by atomic mass is 35.5. The van der Waals surface area contributed by atoms with Gasteiger partial charge in [0.05, 0.1) is 11.6 Å². The van der Waals surface area contributed by atoms with E-state index in [1.807, 2.05) is 0 Å². The van der Waals surface area contributed by atoms with Gasteiger partial charge in [0.2, 0.25) is 0 Å². The molecule has 3 N–H and O–H groups in total. The van der Waals surface area contributed by atoms with Crippen LogP contribution in [0.25, 0.3) is 0 Å². The molecule has 1 aromatic carbocycles. The van der Waals surface area contributed by atoms with Gasteiger partial charge in [-0.25, -0.2) is 9.37 Å². The average molecular weight is 310 g/mol. The number of rotatable bonds is 4. The van der Waals surface area contributed by atoms with Crippen molar-refractivity contribution >= 4 is 29.0 Å². The molecule has 0 aliphatic heterocycles. The van der Waals surface area contributed by atoms with Gasteiger partial charge in [-0.2, -0.15) is 0 Å². The summed E-state index contributed by atoms with van der Waals surface area (Å²) in [5.41, 5.74) is 5.75. The van der Waals surface area contributed by atoms with Gasteiger partial charge < -0.3 is 15.8 Å². The first-order valence-electron chi connectivity index (χ1n) is 6.17. The lowest BCUT2D eigenvalue weighted by Gasteiger charge is -2.09. The summed E-state index contributed by atoms with van der Waals surface area (Å²) in [6.45, 7) is 2.11. The first-order valence-corrected chi connectivity index (χ1v) is 6.54. The Balaban J connectivity index is 2.19. The maximum Gasteiger partial charge on any atom is 0.275 e. The predicted octanol–water partition coefficient (Wildman–Crippen LogP) is 3.11. The van der Waals surface area contributed by atoms with Gasteiger partial charge in [0.1, 0.15) is 11.5 Å². The molecule has 21 heavy (non-hydrogen) atoms. The van der Waals surface area contributed by atoms with E-state index in [4.69, 9.17) is 22.1 Å². The molecule has 5 nitrogen and oxygen atoms in total. The molecule has 0 saturated heterocycles. The summed E-state index contributed by atoms with van der Waals surface area (Å²) in [5.74, 6) is -0.852. The number of aromatic nitrogens is 1. The molecule has 7 heteroatoms. The van der Waals surface area contributed by atoms with Crippen LogP contribution in [0.3, 0.4) is 0 Å². The molecule has 0 atom stereocenters. The molecule has 0 spiro atoms. The smallest absolute Gasteiger partial charge is 0.275 e. The first-order chi connectivity index (χ1) is 10.0. The van der Waals surface area contributed by atoms with E-state index >= 15 is 0 Å². The van der Waals surface area contributed by atoms with Gasteiger partial charge in [-0.1, -0.05) is 11.6 Å². The zero-order valence-electron chi connectivity index (χ0n) is 11.2. The minimum absolute atomic E-state index is 0.0223. The van der Waals surface area contributed by atoms with E-state index in [-0.39, 0.29) is 28.0 Å². The summed E-state index contributed by atoms with van der Waals surface area (Å²) in [4.78, 5) is 15.9. The number of halogens is 2. The highest BCUT2D eigenvalue weighted by Crippen LogP contribution is 2.22. The van der Waals surface area contributed by atoms with Crippen molar-refractivity contribution in [2.75, 3.05) is 17.7 Å². The normalized spacial score (nSPS) is 10.2. The maximum absolute atomic E-state index is 13.7. The lowest BCUT2D eigenvalue weighted by molar-refractivity contribution is 0.102. The highest BCUT2D eigenvalue weighted by molar-refractivity contribution is 6.34. The number of carbonyl (C=O) groups is 1. The summed E-state index contributed by atoms with van der Waals surface area (Å²) in [6.07, 6.45) is 0. The number of ether oxygens (including phenoxy) is 1.